The van der Waals surface area contributed by atoms with Crippen LogP contribution in [0.4, 0.5) is 0 Å². The van der Waals surface area contributed by atoms with E-state index in [1.54, 1.807) is 30.3 Å². The summed E-state index contributed by atoms with van der Waals surface area (Å²) in [5.41, 5.74) is 2.98. The molecule has 26 heavy (non-hydrogen) atoms. The van der Waals surface area contributed by atoms with Crippen molar-refractivity contribution in [3.05, 3.63) is 40.4 Å². The number of aromatic hydroxyl groups is 1. The molecule has 8 nitrogen and oxygen atoms in total. The lowest BCUT2D eigenvalue weighted by Gasteiger charge is -2.07. The summed E-state index contributed by atoms with van der Waals surface area (Å²) in [4.78, 5) is 11.8. The molecule has 0 atom stereocenters. The number of rotatable bonds is 6. The average Bonchev–Trinajstić information content (AvgIpc) is 3.10. The fourth-order valence-corrected chi connectivity index (χ4v) is 2.61. The van der Waals surface area contributed by atoms with E-state index in [9.17, 15) is 9.90 Å². The normalized spacial score (nSPS) is 12.2. The Balaban J connectivity index is 1.52. The summed E-state index contributed by atoms with van der Waals surface area (Å²) in [7, 11) is 1.44. The van der Waals surface area contributed by atoms with Crippen molar-refractivity contribution in [1.82, 2.24) is 5.43 Å². The first-order valence-electron chi connectivity index (χ1n) is 7.47. The number of ether oxygens (including phenoxy) is 4. The van der Waals surface area contributed by atoms with E-state index in [2.05, 4.69) is 26.5 Å². The molecule has 1 aliphatic rings. The lowest BCUT2D eigenvalue weighted by atomic mass is 10.2. The van der Waals surface area contributed by atoms with E-state index in [0.717, 1.165) is 0 Å². The summed E-state index contributed by atoms with van der Waals surface area (Å²) < 4.78 is 21.3. The number of hydrazone groups is 1. The second-order valence-corrected chi connectivity index (χ2v) is 6.00. The van der Waals surface area contributed by atoms with Gasteiger partial charge in [0, 0.05) is 6.07 Å². The standard InChI is InChI=1S/C17H15BrN2O6/c1-23-15-5-10(4-12(18)17(15)22)7-19-20-16(21)8-24-11-2-3-13-14(6-11)26-9-25-13/h2-7,22H,8-9H2,1H3,(H,20,21)/b19-7-. The lowest BCUT2D eigenvalue weighted by Crippen LogP contribution is -2.24. The van der Waals surface area contributed by atoms with Gasteiger partial charge in [0.2, 0.25) is 6.79 Å². The van der Waals surface area contributed by atoms with Crippen molar-refractivity contribution in [3.8, 4) is 28.7 Å². The number of amides is 1. The van der Waals surface area contributed by atoms with Gasteiger partial charge >= 0.3 is 0 Å². The van der Waals surface area contributed by atoms with E-state index in [1.165, 1.54) is 13.3 Å². The van der Waals surface area contributed by atoms with Crippen LogP contribution in [0.1, 0.15) is 5.56 Å². The van der Waals surface area contributed by atoms with Crippen LogP contribution in [-0.4, -0.2) is 37.7 Å². The molecule has 0 saturated carbocycles. The van der Waals surface area contributed by atoms with Crippen molar-refractivity contribution in [1.29, 1.82) is 0 Å². The lowest BCUT2D eigenvalue weighted by molar-refractivity contribution is -0.123. The van der Waals surface area contributed by atoms with Crippen LogP contribution < -0.4 is 24.4 Å². The molecule has 9 heteroatoms. The van der Waals surface area contributed by atoms with Gasteiger partial charge < -0.3 is 24.1 Å². The van der Waals surface area contributed by atoms with Crippen molar-refractivity contribution in [2.75, 3.05) is 20.5 Å². The quantitative estimate of drug-likeness (QED) is 0.547. The van der Waals surface area contributed by atoms with Crippen LogP contribution in [0.2, 0.25) is 0 Å². The molecule has 2 aromatic rings. The molecule has 0 bridgehead atoms. The zero-order valence-electron chi connectivity index (χ0n) is 13.7. The van der Waals surface area contributed by atoms with Gasteiger partial charge in [-0.05, 0) is 45.8 Å². The van der Waals surface area contributed by atoms with Crippen molar-refractivity contribution in [2.45, 2.75) is 0 Å². The highest BCUT2D eigenvalue weighted by atomic mass is 79.9. The van der Waals surface area contributed by atoms with Gasteiger partial charge in [0.15, 0.2) is 29.6 Å². The SMILES string of the molecule is COc1cc(/C=N\NC(=O)COc2ccc3c(c2)OCO3)cc(Br)c1O. The molecule has 3 rings (SSSR count). The Bertz CT molecular complexity index is 855. The zero-order valence-corrected chi connectivity index (χ0v) is 15.3. The molecule has 2 N–H and O–H groups in total. The van der Waals surface area contributed by atoms with Gasteiger partial charge in [-0.2, -0.15) is 5.10 Å². The average molecular weight is 423 g/mol. The maximum absolute atomic E-state index is 11.8. The monoisotopic (exact) mass is 422 g/mol. The fourth-order valence-electron chi connectivity index (χ4n) is 2.15. The Labute approximate surface area is 157 Å². The summed E-state index contributed by atoms with van der Waals surface area (Å²) in [6.45, 7) is -0.0360. The van der Waals surface area contributed by atoms with Crippen molar-refractivity contribution in [2.24, 2.45) is 5.10 Å². The maximum Gasteiger partial charge on any atom is 0.277 e. The van der Waals surface area contributed by atoms with Crippen molar-refractivity contribution >= 4 is 28.1 Å². The van der Waals surface area contributed by atoms with Crippen molar-refractivity contribution < 1.29 is 28.8 Å². The summed E-state index contributed by atoms with van der Waals surface area (Å²) in [6.07, 6.45) is 1.42. The van der Waals surface area contributed by atoms with Crippen LogP contribution in [0.3, 0.4) is 0 Å². The zero-order chi connectivity index (χ0) is 18.5. The Morgan fingerprint density at radius 1 is 1.35 bits per heavy atom. The van der Waals surface area contributed by atoms with Crippen LogP contribution >= 0.6 is 15.9 Å². The first kappa shape index (κ1) is 17.9. The molecule has 2 aromatic carbocycles. The van der Waals surface area contributed by atoms with Gasteiger partial charge in [-0.15, -0.1) is 0 Å². The number of carbonyl (C=O) groups excluding carboxylic acids is 1. The third kappa shape index (κ3) is 4.17. The third-order valence-corrected chi connectivity index (χ3v) is 3.99. The second-order valence-electron chi connectivity index (χ2n) is 5.15. The maximum atomic E-state index is 11.8. The molecule has 136 valence electrons. The summed E-state index contributed by atoms with van der Waals surface area (Å²) in [6, 6.07) is 8.27. The third-order valence-electron chi connectivity index (χ3n) is 3.39. The molecule has 0 radical (unpaired) electrons. The van der Waals surface area contributed by atoms with Crippen molar-refractivity contribution in [3.63, 3.8) is 0 Å². The first-order chi connectivity index (χ1) is 12.6. The smallest absolute Gasteiger partial charge is 0.277 e. The number of phenols is 1. The number of hydrogen-bond acceptors (Lipinski definition) is 7. The number of fused-ring (bicyclic) bond motifs is 1. The number of methoxy groups -OCH3 is 1. The predicted molar refractivity (Wildman–Crippen MR) is 96.2 cm³/mol. The molecule has 0 aromatic heterocycles. The van der Waals surface area contributed by atoms with E-state index >= 15 is 0 Å². The van der Waals surface area contributed by atoms with Gasteiger partial charge in [-0.25, -0.2) is 5.43 Å². The molecule has 0 spiro atoms. The molecule has 1 heterocycles. The first-order valence-corrected chi connectivity index (χ1v) is 8.27. The van der Waals surface area contributed by atoms with E-state index in [0.29, 0.717) is 33.0 Å². The minimum absolute atomic E-state index is 0.00851. The summed E-state index contributed by atoms with van der Waals surface area (Å²) >= 11 is 3.21. The number of hydrogen-bond donors (Lipinski definition) is 2. The number of nitrogens with one attached hydrogen (secondary N) is 1. The Kier molecular flexibility index (Phi) is 5.47. The predicted octanol–water partition coefficient (Wildman–Crippen LogP) is 2.42. The molecule has 0 unspecified atom stereocenters. The van der Waals surface area contributed by atoms with E-state index < -0.39 is 5.91 Å². The van der Waals surface area contributed by atoms with E-state index in [-0.39, 0.29) is 19.1 Å². The van der Waals surface area contributed by atoms with Gasteiger partial charge in [0.05, 0.1) is 17.8 Å². The molecule has 0 saturated heterocycles. The topological polar surface area (TPSA) is 98.6 Å². The molecular formula is C17H15BrN2O6. The minimum atomic E-state index is -0.427. The Morgan fingerprint density at radius 3 is 2.96 bits per heavy atom. The highest BCUT2D eigenvalue weighted by Crippen LogP contribution is 2.35. The summed E-state index contributed by atoms with van der Waals surface area (Å²) in [5, 5.41) is 13.6. The number of benzene rings is 2. The Hall–Kier alpha value is -2.94. The molecule has 0 aliphatic carbocycles. The number of nitrogens with zero attached hydrogens (tertiary/aromatic N) is 1. The number of carbonyl (C=O) groups is 1. The second kappa shape index (κ2) is 7.96. The van der Waals surface area contributed by atoms with Gasteiger partial charge in [0.25, 0.3) is 5.91 Å². The molecule has 1 amide bonds. The van der Waals surface area contributed by atoms with Crippen LogP contribution in [0.25, 0.3) is 0 Å². The van der Waals surface area contributed by atoms with E-state index in [1.807, 2.05) is 0 Å². The van der Waals surface area contributed by atoms with Crippen LogP contribution in [0.5, 0.6) is 28.7 Å². The number of halogens is 1. The van der Waals surface area contributed by atoms with Crippen LogP contribution in [0, 0.1) is 0 Å². The van der Waals surface area contributed by atoms with Gasteiger partial charge in [-0.1, -0.05) is 0 Å². The fraction of sp³-hybridized carbons (Fsp3) is 0.176. The minimum Gasteiger partial charge on any atom is -0.503 e. The number of phenolic OH excluding ortho intramolecular Hbond substituents is 1. The molecular weight excluding hydrogens is 408 g/mol. The Morgan fingerprint density at radius 2 is 2.15 bits per heavy atom. The highest BCUT2D eigenvalue weighted by Gasteiger charge is 2.14. The van der Waals surface area contributed by atoms with E-state index in [4.69, 9.17) is 18.9 Å². The van der Waals surface area contributed by atoms with Crippen LogP contribution in [0.15, 0.2) is 39.9 Å². The molecule has 0 fully saturated rings. The van der Waals surface area contributed by atoms with Gasteiger partial charge in [0.1, 0.15) is 5.75 Å². The largest absolute Gasteiger partial charge is 0.503 e. The molecule has 1 aliphatic heterocycles. The van der Waals surface area contributed by atoms with Gasteiger partial charge in [-0.3, -0.25) is 4.79 Å². The summed E-state index contributed by atoms with van der Waals surface area (Å²) in [5.74, 6) is 1.56. The highest BCUT2D eigenvalue weighted by molar-refractivity contribution is 9.10. The van der Waals surface area contributed by atoms with Crippen LogP contribution in [-0.2, 0) is 4.79 Å².